The third-order valence-electron chi connectivity index (χ3n) is 5.63. The fourth-order valence-electron chi connectivity index (χ4n) is 4.00. The zero-order valence-corrected chi connectivity index (χ0v) is 17.1. The molecule has 2 amide bonds. The summed E-state index contributed by atoms with van der Waals surface area (Å²) in [4.78, 5) is 29.7. The number of nitrogens with one attached hydrogen (secondary N) is 2. The molecule has 1 atom stereocenters. The van der Waals surface area contributed by atoms with Gasteiger partial charge in [0.05, 0.1) is 29.2 Å². The Balaban J connectivity index is 1.48. The van der Waals surface area contributed by atoms with Gasteiger partial charge >= 0.3 is 0 Å². The summed E-state index contributed by atoms with van der Waals surface area (Å²) < 4.78 is 0. The van der Waals surface area contributed by atoms with E-state index in [2.05, 4.69) is 10.6 Å². The van der Waals surface area contributed by atoms with Crippen LogP contribution in [0.5, 0.6) is 0 Å². The Hall–Kier alpha value is -3.99. The molecule has 2 N–H and O–H groups in total. The first kappa shape index (κ1) is 19.0. The van der Waals surface area contributed by atoms with E-state index in [1.165, 1.54) is 0 Å². The van der Waals surface area contributed by atoms with Gasteiger partial charge in [-0.2, -0.15) is 0 Å². The summed E-state index contributed by atoms with van der Waals surface area (Å²) >= 11 is 0. The van der Waals surface area contributed by atoms with Crippen LogP contribution in [0.2, 0.25) is 0 Å². The van der Waals surface area contributed by atoms with E-state index in [4.69, 9.17) is 4.98 Å². The van der Waals surface area contributed by atoms with Gasteiger partial charge in [0.1, 0.15) is 0 Å². The Morgan fingerprint density at radius 1 is 1.00 bits per heavy atom. The predicted molar refractivity (Wildman–Crippen MR) is 122 cm³/mol. The molecule has 4 aromatic rings. The molecule has 31 heavy (non-hydrogen) atoms. The lowest BCUT2D eigenvalue weighted by molar-refractivity contribution is -0.115. The van der Waals surface area contributed by atoms with E-state index in [0.717, 1.165) is 39.0 Å². The van der Waals surface area contributed by atoms with Crippen LogP contribution in [0.1, 0.15) is 34.5 Å². The predicted octanol–water partition coefficient (Wildman–Crippen LogP) is 4.89. The van der Waals surface area contributed by atoms with Crippen molar-refractivity contribution in [2.24, 2.45) is 0 Å². The molecule has 0 saturated heterocycles. The molecule has 0 bridgehead atoms. The number of anilines is 1. The molecule has 0 radical (unpaired) electrons. The van der Waals surface area contributed by atoms with E-state index in [1.54, 1.807) is 0 Å². The molecule has 152 valence electrons. The molecule has 1 aromatic heterocycles. The smallest absolute Gasteiger partial charge is 0.252 e. The number of nitrogens with zero attached hydrogens (tertiary/aromatic N) is 1. The van der Waals surface area contributed by atoms with Crippen LogP contribution in [0.3, 0.4) is 0 Å². The third-order valence-corrected chi connectivity index (χ3v) is 5.63. The maximum absolute atomic E-state index is 13.3. The SMILES string of the molecule is CC(NC(=O)c1cc(-c2ccccc2)nc2ccccc12)c1ccc2c(c1)CC(=O)N2. The molecule has 1 aliphatic rings. The molecular weight excluding hydrogens is 386 g/mol. The average molecular weight is 407 g/mol. The van der Waals surface area contributed by atoms with E-state index >= 15 is 0 Å². The van der Waals surface area contributed by atoms with Gasteiger partial charge in [0.2, 0.25) is 5.91 Å². The minimum absolute atomic E-state index is 0.000496. The van der Waals surface area contributed by atoms with Crippen LogP contribution in [0.25, 0.3) is 22.2 Å². The first-order chi connectivity index (χ1) is 15.1. The first-order valence-electron chi connectivity index (χ1n) is 10.3. The third kappa shape index (κ3) is 3.66. The molecular formula is C26H21N3O2. The van der Waals surface area contributed by atoms with Crippen molar-refractivity contribution in [3.05, 3.63) is 95.6 Å². The highest BCUT2D eigenvalue weighted by molar-refractivity contribution is 6.07. The van der Waals surface area contributed by atoms with E-state index in [9.17, 15) is 9.59 Å². The highest BCUT2D eigenvalue weighted by atomic mass is 16.2. The van der Waals surface area contributed by atoms with Gasteiger partial charge in [0, 0.05) is 16.6 Å². The second-order valence-electron chi connectivity index (χ2n) is 7.77. The lowest BCUT2D eigenvalue weighted by Crippen LogP contribution is -2.27. The van der Waals surface area contributed by atoms with Crippen LogP contribution in [-0.2, 0) is 11.2 Å². The van der Waals surface area contributed by atoms with Crippen molar-refractivity contribution in [1.29, 1.82) is 0 Å². The first-order valence-corrected chi connectivity index (χ1v) is 10.3. The number of carbonyl (C=O) groups excluding carboxylic acids is 2. The highest BCUT2D eigenvalue weighted by Crippen LogP contribution is 2.28. The fraction of sp³-hybridized carbons (Fsp3) is 0.115. The number of rotatable bonds is 4. The Labute approximate surface area is 180 Å². The van der Waals surface area contributed by atoms with E-state index in [-0.39, 0.29) is 17.9 Å². The topological polar surface area (TPSA) is 71.1 Å². The lowest BCUT2D eigenvalue weighted by atomic mass is 10.0. The van der Waals surface area contributed by atoms with E-state index in [1.807, 2.05) is 85.8 Å². The lowest BCUT2D eigenvalue weighted by Gasteiger charge is -2.17. The molecule has 1 unspecified atom stereocenters. The van der Waals surface area contributed by atoms with Crippen molar-refractivity contribution < 1.29 is 9.59 Å². The zero-order valence-electron chi connectivity index (χ0n) is 17.1. The van der Waals surface area contributed by atoms with Gasteiger partial charge in [0.25, 0.3) is 5.91 Å². The van der Waals surface area contributed by atoms with Crippen LogP contribution in [0.15, 0.2) is 78.9 Å². The van der Waals surface area contributed by atoms with Crippen LogP contribution >= 0.6 is 0 Å². The molecule has 0 fully saturated rings. The minimum atomic E-state index is -0.208. The van der Waals surface area contributed by atoms with Crippen molar-refractivity contribution in [3.8, 4) is 11.3 Å². The van der Waals surface area contributed by atoms with Gasteiger partial charge in [-0.15, -0.1) is 0 Å². The van der Waals surface area contributed by atoms with Gasteiger partial charge in [-0.05, 0) is 36.2 Å². The molecule has 1 aliphatic heterocycles. The molecule has 5 nitrogen and oxygen atoms in total. The second kappa shape index (κ2) is 7.69. The summed E-state index contributed by atoms with van der Waals surface area (Å²) in [5.41, 5.74) is 5.87. The Morgan fingerprint density at radius 3 is 2.61 bits per heavy atom. The number of amides is 2. The van der Waals surface area contributed by atoms with Crippen molar-refractivity contribution >= 4 is 28.4 Å². The monoisotopic (exact) mass is 407 g/mol. The van der Waals surface area contributed by atoms with E-state index < -0.39 is 0 Å². The number of hydrogen-bond acceptors (Lipinski definition) is 3. The van der Waals surface area contributed by atoms with Crippen LogP contribution < -0.4 is 10.6 Å². The largest absolute Gasteiger partial charge is 0.345 e. The van der Waals surface area contributed by atoms with E-state index in [0.29, 0.717) is 12.0 Å². The van der Waals surface area contributed by atoms with Crippen molar-refractivity contribution in [2.75, 3.05) is 5.32 Å². The number of benzene rings is 3. The minimum Gasteiger partial charge on any atom is -0.345 e. The summed E-state index contributed by atoms with van der Waals surface area (Å²) in [7, 11) is 0. The zero-order chi connectivity index (χ0) is 21.4. The summed E-state index contributed by atoms with van der Waals surface area (Å²) in [6, 6.07) is 25.0. The normalized spacial score (nSPS) is 13.5. The number of carbonyl (C=O) groups is 2. The number of pyridine rings is 1. The standard InChI is InChI=1S/C26H21N3O2/c1-16(18-11-12-22-19(13-18)14-25(30)29-22)27-26(31)21-15-24(17-7-3-2-4-8-17)28-23-10-6-5-9-20(21)23/h2-13,15-16H,14H2,1H3,(H,27,31)(H,29,30). The number of fused-ring (bicyclic) bond motifs is 2. The molecule has 3 aromatic carbocycles. The maximum Gasteiger partial charge on any atom is 0.252 e. The number of para-hydroxylation sites is 1. The molecule has 0 spiro atoms. The second-order valence-corrected chi connectivity index (χ2v) is 7.77. The summed E-state index contributed by atoms with van der Waals surface area (Å²) in [5, 5.41) is 6.77. The van der Waals surface area contributed by atoms with Gasteiger partial charge in [-0.3, -0.25) is 9.59 Å². The Bertz CT molecular complexity index is 1320. The Kier molecular flexibility index (Phi) is 4.71. The number of hydrogen-bond donors (Lipinski definition) is 2. The number of aromatic nitrogens is 1. The van der Waals surface area contributed by atoms with Gasteiger partial charge in [-0.25, -0.2) is 4.98 Å². The van der Waals surface area contributed by atoms with Gasteiger partial charge < -0.3 is 10.6 Å². The summed E-state index contributed by atoms with van der Waals surface area (Å²) in [5.74, 6) is -0.154. The molecule has 5 heteroatoms. The van der Waals surface area contributed by atoms with Crippen LogP contribution in [-0.4, -0.2) is 16.8 Å². The Morgan fingerprint density at radius 2 is 1.77 bits per heavy atom. The maximum atomic E-state index is 13.3. The average Bonchev–Trinajstić information content (AvgIpc) is 3.18. The van der Waals surface area contributed by atoms with Crippen molar-refractivity contribution in [1.82, 2.24) is 10.3 Å². The molecule has 0 aliphatic carbocycles. The molecule has 5 rings (SSSR count). The van der Waals surface area contributed by atoms with Gasteiger partial charge in [-0.1, -0.05) is 60.7 Å². The van der Waals surface area contributed by atoms with Crippen molar-refractivity contribution in [2.45, 2.75) is 19.4 Å². The van der Waals surface area contributed by atoms with Gasteiger partial charge in [0.15, 0.2) is 0 Å². The molecule has 0 saturated carbocycles. The fourth-order valence-corrected chi connectivity index (χ4v) is 4.00. The van der Waals surface area contributed by atoms with Crippen LogP contribution in [0.4, 0.5) is 5.69 Å². The quantitative estimate of drug-likeness (QED) is 0.506. The van der Waals surface area contributed by atoms with Crippen molar-refractivity contribution in [3.63, 3.8) is 0 Å². The molecule has 2 heterocycles. The summed E-state index contributed by atoms with van der Waals surface area (Å²) in [6.07, 6.45) is 0.374. The highest BCUT2D eigenvalue weighted by Gasteiger charge is 2.20. The summed E-state index contributed by atoms with van der Waals surface area (Å²) in [6.45, 7) is 1.95. The van der Waals surface area contributed by atoms with Crippen LogP contribution in [0, 0.1) is 0 Å².